The Kier molecular flexibility index (Phi) is 2.87. The van der Waals surface area contributed by atoms with Crippen LogP contribution in [0.15, 0.2) is 41.1 Å². The third-order valence-electron chi connectivity index (χ3n) is 2.88. The Hall–Kier alpha value is -2.08. The van der Waals surface area contributed by atoms with Gasteiger partial charge in [-0.2, -0.15) is 0 Å². The van der Waals surface area contributed by atoms with Gasteiger partial charge in [-0.1, -0.05) is 12.1 Å². The van der Waals surface area contributed by atoms with Gasteiger partial charge in [0.15, 0.2) is 11.6 Å². The van der Waals surface area contributed by atoms with E-state index in [1.54, 1.807) is 24.2 Å². The minimum absolute atomic E-state index is 0.432. The standard InChI is InChI=1S/C13H11BrN4O/c1-19-11-4-2-3-9-8(11)5-6-16-13(9)18-7-10(14)12(15)17-18/h2-7H,1H3,(H2,15,17). The number of nitrogens with two attached hydrogens (primary N) is 1. The molecule has 96 valence electrons. The second-order valence-electron chi connectivity index (χ2n) is 4.00. The van der Waals surface area contributed by atoms with E-state index in [2.05, 4.69) is 26.0 Å². The Morgan fingerprint density at radius 2 is 2.11 bits per heavy atom. The van der Waals surface area contributed by atoms with Crippen LogP contribution in [0.25, 0.3) is 16.6 Å². The van der Waals surface area contributed by atoms with E-state index in [9.17, 15) is 0 Å². The van der Waals surface area contributed by atoms with Crippen molar-refractivity contribution in [2.75, 3.05) is 12.8 Å². The molecule has 2 aromatic heterocycles. The Labute approximate surface area is 118 Å². The maximum absolute atomic E-state index is 5.75. The van der Waals surface area contributed by atoms with E-state index >= 15 is 0 Å². The maximum atomic E-state index is 5.75. The fourth-order valence-corrected chi connectivity index (χ4v) is 2.27. The van der Waals surface area contributed by atoms with Crippen molar-refractivity contribution in [1.29, 1.82) is 0 Å². The van der Waals surface area contributed by atoms with Gasteiger partial charge < -0.3 is 10.5 Å². The van der Waals surface area contributed by atoms with Crippen molar-refractivity contribution in [1.82, 2.24) is 14.8 Å². The molecular formula is C13H11BrN4O. The van der Waals surface area contributed by atoms with Crippen molar-refractivity contribution >= 4 is 32.5 Å². The van der Waals surface area contributed by atoms with Crippen molar-refractivity contribution in [3.63, 3.8) is 0 Å². The maximum Gasteiger partial charge on any atom is 0.161 e. The topological polar surface area (TPSA) is 66.0 Å². The molecule has 19 heavy (non-hydrogen) atoms. The average Bonchev–Trinajstić information content (AvgIpc) is 2.77. The van der Waals surface area contributed by atoms with E-state index in [1.807, 2.05) is 24.3 Å². The second kappa shape index (κ2) is 4.55. The highest BCUT2D eigenvalue weighted by molar-refractivity contribution is 9.10. The van der Waals surface area contributed by atoms with Gasteiger partial charge in [-0.15, -0.1) is 5.10 Å². The molecule has 6 heteroatoms. The van der Waals surface area contributed by atoms with Crippen LogP contribution < -0.4 is 10.5 Å². The minimum atomic E-state index is 0.432. The predicted molar refractivity (Wildman–Crippen MR) is 77.5 cm³/mol. The summed E-state index contributed by atoms with van der Waals surface area (Å²) >= 11 is 3.34. The van der Waals surface area contributed by atoms with Crippen molar-refractivity contribution in [3.8, 4) is 11.6 Å². The van der Waals surface area contributed by atoms with Crippen LogP contribution in [0, 0.1) is 0 Å². The van der Waals surface area contributed by atoms with Crippen molar-refractivity contribution in [3.05, 3.63) is 41.1 Å². The zero-order chi connectivity index (χ0) is 13.4. The predicted octanol–water partition coefficient (Wildman–Crippen LogP) is 2.77. The van der Waals surface area contributed by atoms with Crippen LogP contribution in [0.5, 0.6) is 5.75 Å². The largest absolute Gasteiger partial charge is 0.496 e. The summed E-state index contributed by atoms with van der Waals surface area (Å²) in [4.78, 5) is 4.38. The lowest BCUT2D eigenvalue weighted by molar-refractivity contribution is 0.420. The molecule has 3 rings (SSSR count). The Morgan fingerprint density at radius 1 is 1.26 bits per heavy atom. The number of anilines is 1. The molecule has 0 aliphatic heterocycles. The van der Waals surface area contributed by atoms with Crippen LogP contribution in [0.1, 0.15) is 0 Å². The molecular weight excluding hydrogens is 308 g/mol. The molecule has 0 spiro atoms. The van der Waals surface area contributed by atoms with Crippen molar-refractivity contribution < 1.29 is 4.74 Å². The molecule has 0 saturated carbocycles. The lowest BCUT2D eigenvalue weighted by atomic mass is 10.1. The Morgan fingerprint density at radius 3 is 2.79 bits per heavy atom. The Balaban J connectivity index is 2.30. The van der Waals surface area contributed by atoms with E-state index in [4.69, 9.17) is 10.5 Å². The molecule has 2 N–H and O–H groups in total. The first-order chi connectivity index (χ1) is 9.20. The zero-order valence-electron chi connectivity index (χ0n) is 10.2. The highest BCUT2D eigenvalue weighted by Gasteiger charge is 2.10. The van der Waals surface area contributed by atoms with Gasteiger partial charge in [0.2, 0.25) is 0 Å². The Bertz CT molecular complexity index is 734. The lowest BCUT2D eigenvalue weighted by Crippen LogP contribution is -2.00. The summed E-state index contributed by atoms with van der Waals surface area (Å²) in [5.41, 5.74) is 5.75. The van der Waals surface area contributed by atoms with E-state index in [0.717, 1.165) is 21.0 Å². The van der Waals surface area contributed by atoms with Crippen LogP contribution in [-0.2, 0) is 0 Å². The molecule has 0 amide bonds. The SMILES string of the molecule is COc1cccc2c(-n3cc(Br)c(N)n3)nccc12. The van der Waals surface area contributed by atoms with E-state index < -0.39 is 0 Å². The summed E-state index contributed by atoms with van der Waals surface area (Å²) in [5.74, 6) is 1.95. The molecule has 2 heterocycles. The van der Waals surface area contributed by atoms with Crippen molar-refractivity contribution in [2.24, 2.45) is 0 Å². The number of halogens is 1. The molecule has 0 bridgehead atoms. The molecule has 0 aliphatic rings. The molecule has 0 atom stereocenters. The number of hydrogen-bond acceptors (Lipinski definition) is 4. The van der Waals surface area contributed by atoms with Gasteiger partial charge in [0.25, 0.3) is 0 Å². The molecule has 0 saturated heterocycles. The number of hydrogen-bond donors (Lipinski definition) is 1. The van der Waals surface area contributed by atoms with Crippen molar-refractivity contribution in [2.45, 2.75) is 0 Å². The first-order valence-electron chi connectivity index (χ1n) is 5.63. The van der Waals surface area contributed by atoms with Gasteiger partial charge in [-0.05, 0) is 28.1 Å². The van der Waals surface area contributed by atoms with Crippen LogP contribution in [0.2, 0.25) is 0 Å². The number of aromatic nitrogens is 3. The van der Waals surface area contributed by atoms with E-state index in [0.29, 0.717) is 11.6 Å². The summed E-state index contributed by atoms with van der Waals surface area (Å²) in [6, 6.07) is 7.74. The number of rotatable bonds is 2. The van der Waals surface area contributed by atoms with E-state index in [-0.39, 0.29) is 0 Å². The number of nitrogens with zero attached hydrogens (tertiary/aromatic N) is 3. The average molecular weight is 319 g/mol. The van der Waals surface area contributed by atoms with Crippen LogP contribution in [-0.4, -0.2) is 21.9 Å². The first kappa shape index (κ1) is 12.0. The van der Waals surface area contributed by atoms with Gasteiger partial charge in [-0.25, -0.2) is 9.67 Å². The third-order valence-corrected chi connectivity index (χ3v) is 3.49. The van der Waals surface area contributed by atoms with E-state index in [1.165, 1.54) is 0 Å². The molecule has 3 aromatic rings. The van der Waals surface area contributed by atoms with Crippen LogP contribution in [0.4, 0.5) is 5.82 Å². The number of pyridine rings is 1. The van der Waals surface area contributed by atoms with Gasteiger partial charge in [0, 0.05) is 23.2 Å². The normalized spacial score (nSPS) is 10.8. The molecule has 0 fully saturated rings. The van der Waals surface area contributed by atoms with Gasteiger partial charge in [0.05, 0.1) is 11.6 Å². The minimum Gasteiger partial charge on any atom is -0.496 e. The summed E-state index contributed by atoms with van der Waals surface area (Å²) in [7, 11) is 1.65. The quantitative estimate of drug-likeness (QED) is 0.789. The fraction of sp³-hybridized carbons (Fsp3) is 0.0769. The summed E-state index contributed by atoms with van der Waals surface area (Å²) in [6.45, 7) is 0. The molecule has 0 radical (unpaired) electrons. The van der Waals surface area contributed by atoms with Crippen LogP contribution in [0.3, 0.4) is 0 Å². The smallest absolute Gasteiger partial charge is 0.161 e. The van der Waals surface area contributed by atoms with Gasteiger partial charge in [0.1, 0.15) is 5.75 Å². The summed E-state index contributed by atoms with van der Waals surface area (Å²) in [6.07, 6.45) is 3.52. The number of methoxy groups -OCH3 is 1. The number of fused-ring (bicyclic) bond motifs is 1. The fourth-order valence-electron chi connectivity index (χ4n) is 2.00. The number of benzene rings is 1. The monoisotopic (exact) mass is 318 g/mol. The highest BCUT2D eigenvalue weighted by Crippen LogP contribution is 2.29. The zero-order valence-corrected chi connectivity index (χ0v) is 11.8. The van der Waals surface area contributed by atoms with Gasteiger partial charge >= 0.3 is 0 Å². The summed E-state index contributed by atoms with van der Waals surface area (Å²) < 4.78 is 7.75. The van der Waals surface area contributed by atoms with Gasteiger partial charge in [-0.3, -0.25) is 0 Å². The highest BCUT2D eigenvalue weighted by atomic mass is 79.9. The second-order valence-corrected chi connectivity index (χ2v) is 4.85. The lowest BCUT2D eigenvalue weighted by Gasteiger charge is -2.08. The number of ether oxygens (including phenoxy) is 1. The first-order valence-corrected chi connectivity index (χ1v) is 6.42. The molecule has 1 aromatic carbocycles. The van der Waals surface area contributed by atoms with Crippen LogP contribution >= 0.6 is 15.9 Å². The molecule has 5 nitrogen and oxygen atoms in total. The molecule has 0 unspecified atom stereocenters. The summed E-state index contributed by atoms with van der Waals surface area (Å²) in [5, 5.41) is 6.17. The third kappa shape index (κ3) is 1.94. The number of nitrogen functional groups attached to an aromatic ring is 1. The molecule has 0 aliphatic carbocycles.